The zero-order chi connectivity index (χ0) is 16.2. The van der Waals surface area contributed by atoms with Crippen molar-refractivity contribution < 1.29 is 19.4 Å². The Morgan fingerprint density at radius 2 is 2.00 bits per heavy atom. The van der Waals surface area contributed by atoms with E-state index in [1.54, 1.807) is 39.0 Å². The molecule has 0 saturated heterocycles. The predicted molar refractivity (Wildman–Crippen MR) is 79.6 cm³/mol. The lowest BCUT2D eigenvalue weighted by atomic mass is 10.1. The molecule has 1 amide bonds. The summed E-state index contributed by atoms with van der Waals surface area (Å²) in [6.07, 6.45) is -1.10. The fraction of sp³-hybridized carbons (Fsp3) is 0.467. The van der Waals surface area contributed by atoms with E-state index in [-0.39, 0.29) is 6.54 Å². The standard InChI is InChI=1S/C15H22N2O4/c1-9(18)13(19)17-8-11-7-10(5-6-12(11)16)14(20)21-15(2,3)4/h5-7,9,18H,8,16H2,1-4H3,(H,17,19). The first-order valence-electron chi connectivity index (χ1n) is 6.67. The van der Waals surface area contributed by atoms with Crippen LogP contribution >= 0.6 is 0 Å². The van der Waals surface area contributed by atoms with E-state index < -0.39 is 23.6 Å². The van der Waals surface area contributed by atoms with Crippen molar-refractivity contribution in [2.75, 3.05) is 5.73 Å². The summed E-state index contributed by atoms with van der Waals surface area (Å²) in [7, 11) is 0. The SMILES string of the molecule is CC(O)C(=O)NCc1cc(C(=O)OC(C)(C)C)ccc1N. The van der Waals surface area contributed by atoms with Crippen molar-refractivity contribution in [3.63, 3.8) is 0 Å². The molecule has 1 rings (SSSR count). The molecule has 0 fully saturated rings. The molecule has 0 aliphatic rings. The van der Waals surface area contributed by atoms with E-state index in [9.17, 15) is 9.59 Å². The van der Waals surface area contributed by atoms with Crippen LogP contribution in [0.4, 0.5) is 5.69 Å². The number of aliphatic hydroxyl groups excluding tert-OH is 1. The molecule has 116 valence electrons. The van der Waals surface area contributed by atoms with Crippen molar-refractivity contribution in [2.24, 2.45) is 0 Å². The molecule has 1 aromatic carbocycles. The second-order valence-corrected chi connectivity index (χ2v) is 5.81. The van der Waals surface area contributed by atoms with Gasteiger partial charge in [0.25, 0.3) is 0 Å². The number of hydrogen-bond donors (Lipinski definition) is 3. The van der Waals surface area contributed by atoms with Gasteiger partial charge in [-0.3, -0.25) is 4.79 Å². The molecule has 0 spiro atoms. The van der Waals surface area contributed by atoms with Crippen LogP contribution < -0.4 is 11.1 Å². The first-order chi connectivity index (χ1) is 9.60. The maximum atomic E-state index is 12.0. The van der Waals surface area contributed by atoms with Crippen LogP contribution in [0, 0.1) is 0 Å². The summed E-state index contributed by atoms with van der Waals surface area (Å²) in [5.41, 5.74) is 6.63. The molecule has 0 radical (unpaired) electrons. The fourth-order valence-corrected chi connectivity index (χ4v) is 1.55. The predicted octanol–water partition coefficient (Wildman–Crippen LogP) is 1.22. The minimum absolute atomic E-state index is 0.131. The molecule has 1 unspecified atom stereocenters. The molecular weight excluding hydrogens is 272 g/mol. The first kappa shape index (κ1) is 17.0. The van der Waals surface area contributed by atoms with Gasteiger partial charge in [0.1, 0.15) is 11.7 Å². The number of amides is 1. The Bertz CT molecular complexity index is 533. The Balaban J connectivity index is 2.85. The van der Waals surface area contributed by atoms with Crippen molar-refractivity contribution in [2.45, 2.75) is 45.9 Å². The van der Waals surface area contributed by atoms with Crippen molar-refractivity contribution in [3.05, 3.63) is 29.3 Å². The highest BCUT2D eigenvalue weighted by molar-refractivity contribution is 5.90. The Kier molecular flexibility index (Phi) is 5.32. The van der Waals surface area contributed by atoms with E-state index in [0.29, 0.717) is 16.8 Å². The Morgan fingerprint density at radius 3 is 2.52 bits per heavy atom. The molecule has 4 N–H and O–H groups in total. The lowest BCUT2D eigenvalue weighted by molar-refractivity contribution is -0.128. The average Bonchev–Trinajstić information content (AvgIpc) is 2.35. The van der Waals surface area contributed by atoms with E-state index in [4.69, 9.17) is 15.6 Å². The summed E-state index contributed by atoms with van der Waals surface area (Å²) in [4.78, 5) is 23.3. The minimum Gasteiger partial charge on any atom is -0.456 e. The minimum atomic E-state index is -1.10. The lowest BCUT2D eigenvalue weighted by Gasteiger charge is -2.20. The topological polar surface area (TPSA) is 102 Å². The highest BCUT2D eigenvalue weighted by Crippen LogP contribution is 2.17. The van der Waals surface area contributed by atoms with Crippen LogP contribution in [-0.2, 0) is 16.1 Å². The smallest absolute Gasteiger partial charge is 0.338 e. The molecule has 1 atom stereocenters. The van der Waals surface area contributed by atoms with Gasteiger partial charge in [-0.25, -0.2) is 4.79 Å². The van der Waals surface area contributed by atoms with E-state index >= 15 is 0 Å². The number of esters is 1. The summed E-state index contributed by atoms with van der Waals surface area (Å²) in [5, 5.41) is 11.7. The van der Waals surface area contributed by atoms with Crippen molar-refractivity contribution >= 4 is 17.6 Å². The number of benzene rings is 1. The normalized spacial score (nSPS) is 12.6. The number of nitrogens with two attached hydrogens (primary N) is 1. The Hall–Kier alpha value is -2.08. The van der Waals surface area contributed by atoms with E-state index in [1.807, 2.05) is 0 Å². The molecule has 6 heteroatoms. The number of nitrogens with one attached hydrogen (secondary N) is 1. The highest BCUT2D eigenvalue weighted by Gasteiger charge is 2.18. The third-order valence-corrected chi connectivity index (χ3v) is 2.61. The first-order valence-corrected chi connectivity index (χ1v) is 6.67. The zero-order valence-corrected chi connectivity index (χ0v) is 12.8. The highest BCUT2D eigenvalue weighted by atomic mass is 16.6. The number of ether oxygens (including phenoxy) is 1. The maximum absolute atomic E-state index is 12.0. The summed E-state index contributed by atoms with van der Waals surface area (Å²) in [6.45, 7) is 6.85. The van der Waals surface area contributed by atoms with Crippen LogP contribution in [0.2, 0.25) is 0 Å². The summed E-state index contributed by atoms with van der Waals surface area (Å²) >= 11 is 0. The second-order valence-electron chi connectivity index (χ2n) is 5.81. The Labute approximate surface area is 124 Å². The number of nitrogen functional groups attached to an aromatic ring is 1. The number of anilines is 1. The van der Waals surface area contributed by atoms with Gasteiger partial charge >= 0.3 is 5.97 Å². The second kappa shape index (κ2) is 6.58. The fourth-order valence-electron chi connectivity index (χ4n) is 1.55. The molecular formula is C15H22N2O4. The van der Waals surface area contributed by atoms with E-state index in [1.165, 1.54) is 6.92 Å². The van der Waals surface area contributed by atoms with Crippen molar-refractivity contribution in [3.8, 4) is 0 Å². The van der Waals surface area contributed by atoms with Gasteiger partial charge in [0.2, 0.25) is 5.91 Å². The van der Waals surface area contributed by atoms with Crippen LogP contribution in [0.3, 0.4) is 0 Å². The van der Waals surface area contributed by atoms with Gasteiger partial charge in [-0.1, -0.05) is 0 Å². The van der Waals surface area contributed by atoms with Crippen LogP contribution in [-0.4, -0.2) is 28.7 Å². The number of aliphatic hydroxyl groups is 1. The number of carbonyl (C=O) groups excluding carboxylic acids is 2. The molecule has 1 aromatic rings. The molecule has 0 bridgehead atoms. The molecule has 0 saturated carbocycles. The average molecular weight is 294 g/mol. The van der Waals surface area contributed by atoms with Crippen LogP contribution in [0.5, 0.6) is 0 Å². The zero-order valence-electron chi connectivity index (χ0n) is 12.8. The van der Waals surface area contributed by atoms with Crippen LogP contribution in [0.1, 0.15) is 43.6 Å². The number of hydrogen-bond acceptors (Lipinski definition) is 5. The summed E-state index contributed by atoms with van der Waals surface area (Å²) < 4.78 is 5.28. The van der Waals surface area contributed by atoms with Gasteiger partial charge in [-0.15, -0.1) is 0 Å². The third kappa shape index (κ3) is 5.43. The molecule has 21 heavy (non-hydrogen) atoms. The van der Waals surface area contributed by atoms with Gasteiger partial charge in [0.15, 0.2) is 0 Å². The van der Waals surface area contributed by atoms with Crippen molar-refractivity contribution in [1.82, 2.24) is 5.32 Å². The van der Waals surface area contributed by atoms with Gasteiger partial charge < -0.3 is 20.9 Å². The molecule has 0 aliphatic carbocycles. The largest absolute Gasteiger partial charge is 0.456 e. The van der Waals surface area contributed by atoms with Gasteiger partial charge in [-0.2, -0.15) is 0 Å². The van der Waals surface area contributed by atoms with Crippen LogP contribution in [0.25, 0.3) is 0 Å². The molecule has 0 aliphatic heterocycles. The number of rotatable bonds is 4. The van der Waals surface area contributed by atoms with Gasteiger partial charge in [-0.05, 0) is 51.5 Å². The quantitative estimate of drug-likeness (QED) is 0.572. The lowest BCUT2D eigenvalue weighted by Crippen LogP contribution is -2.32. The molecule has 0 aromatic heterocycles. The van der Waals surface area contributed by atoms with Crippen molar-refractivity contribution in [1.29, 1.82) is 0 Å². The van der Waals surface area contributed by atoms with Gasteiger partial charge in [0, 0.05) is 12.2 Å². The maximum Gasteiger partial charge on any atom is 0.338 e. The van der Waals surface area contributed by atoms with E-state index in [0.717, 1.165) is 0 Å². The van der Waals surface area contributed by atoms with Crippen LogP contribution in [0.15, 0.2) is 18.2 Å². The monoisotopic (exact) mass is 294 g/mol. The molecule has 6 nitrogen and oxygen atoms in total. The van der Waals surface area contributed by atoms with E-state index in [2.05, 4.69) is 5.32 Å². The third-order valence-electron chi connectivity index (χ3n) is 2.61. The Morgan fingerprint density at radius 1 is 1.38 bits per heavy atom. The number of carbonyl (C=O) groups is 2. The van der Waals surface area contributed by atoms with Gasteiger partial charge in [0.05, 0.1) is 5.56 Å². The summed E-state index contributed by atoms with van der Waals surface area (Å²) in [6, 6.07) is 4.73. The summed E-state index contributed by atoms with van der Waals surface area (Å²) in [5.74, 6) is -0.956. The molecule has 0 heterocycles.